The van der Waals surface area contributed by atoms with Crippen molar-refractivity contribution in [3.8, 4) is 11.1 Å². The number of hydrogen-bond donors (Lipinski definition) is 0. The van der Waals surface area contributed by atoms with E-state index in [1.807, 2.05) is 3.21 Å². The number of fused-ring (bicyclic) bond motifs is 3. The molecule has 0 radical (unpaired) electrons. The summed E-state index contributed by atoms with van der Waals surface area (Å²) in [4.78, 5) is 0. The van der Waals surface area contributed by atoms with Gasteiger partial charge in [0.1, 0.15) is 0 Å². The van der Waals surface area contributed by atoms with E-state index in [1.165, 1.54) is 16.7 Å². The predicted octanol–water partition coefficient (Wildman–Crippen LogP) is 0.688. The average molecular weight is 519 g/mol. The molecule has 2 aliphatic rings. The third kappa shape index (κ3) is 4.69. The number of hydrogen-bond acceptors (Lipinski definition) is 0. The number of benzene rings is 2. The van der Waals surface area contributed by atoms with Gasteiger partial charge in [-0.05, 0) is 0 Å². The van der Waals surface area contributed by atoms with Gasteiger partial charge in [-0.15, -0.1) is 0 Å². The molecule has 0 N–H and O–H groups in total. The van der Waals surface area contributed by atoms with Gasteiger partial charge in [0.05, 0.1) is 0 Å². The van der Waals surface area contributed by atoms with E-state index >= 15 is 0 Å². The van der Waals surface area contributed by atoms with Gasteiger partial charge in [-0.2, -0.15) is 0 Å². The second kappa shape index (κ2) is 9.40. The molecule has 0 spiro atoms. The molecule has 2 aromatic rings. The monoisotopic (exact) mass is 516 g/mol. The van der Waals surface area contributed by atoms with E-state index < -0.39 is 21.3 Å². The van der Waals surface area contributed by atoms with Gasteiger partial charge in [-0.3, -0.25) is 0 Å². The third-order valence-electron chi connectivity index (χ3n) is 5.99. The first-order valence-corrected chi connectivity index (χ1v) is 14.4. The Morgan fingerprint density at radius 3 is 1.93 bits per heavy atom. The molecule has 0 aromatic heterocycles. The van der Waals surface area contributed by atoms with Gasteiger partial charge in [0.25, 0.3) is 0 Å². The van der Waals surface area contributed by atoms with Crippen molar-refractivity contribution >= 4 is 6.48 Å². The topological polar surface area (TPSA) is 0 Å². The predicted molar refractivity (Wildman–Crippen MR) is 120 cm³/mol. The van der Waals surface area contributed by atoms with E-state index in [0.29, 0.717) is 3.63 Å². The molecule has 2 aromatic carbocycles. The van der Waals surface area contributed by atoms with Crippen molar-refractivity contribution in [2.45, 2.75) is 51.6 Å². The average Bonchev–Trinajstić information content (AvgIpc) is 3.24. The van der Waals surface area contributed by atoms with E-state index in [0.717, 1.165) is 6.42 Å². The SMILES string of the molecule is CC(C)(C)[C](=[Zr+2]([c]1cccc2c1Cc1ccccc1-2)[CH]1C=CC=C1)C(C)(C)C.[Cl-].[Cl-]. The largest absolute Gasteiger partial charge is 1.00 e. The minimum atomic E-state index is -2.21. The summed E-state index contributed by atoms with van der Waals surface area (Å²) in [5.41, 5.74) is 6.51. The van der Waals surface area contributed by atoms with Crippen LogP contribution in [-0.4, -0.2) is 3.21 Å². The number of halogens is 2. The molecule has 3 heteroatoms. The molecular weight excluding hydrogens is 486 g/mol. The van der Waals surface area contributed by atoms with Gasteiger partial charge in [0.2, 0.25) is 0 Å². The van der Waals surface area contributed by atoms with Crippen LogP contribution in [0.4, 0.5) is 0 Å². The van der Waals surface area contributed by atoms with E-state index in [4.69, 9.17) is 0 Å². The zero-order valence-electron chi connectivity index (χ0n) is 18.9. The molecule has 0 nitrogen and oxygen atoms in total. The standard InChI is InChI=1S/C13H9.C9H18.C5H5.2ClH.Zr/c1-3-7-12-10(5-1)9-11-6-2-4-8-13(11)12;1-8(2,3)7-9(4,5)6;1-2-4-5-3-1;;;/h1-5,7-8H,9H2;1-6H3;1-5H;2*1H;/q;;;;;+2/p-2. The van der Waals surface area contributed by atoms with Crippen molar-refractivity contribution in [1.29, 1.82) is 0 Å². The van der Waals surface area contributed by atoms with Crippen LogP contribution in [0.2, 0.25) is 3.63 Å². The first-order chi connectivity index (χ1) is 13.2. The summed E-state index contributed by atoms with van der Waals surface area (Å²) >= 11 is -2.21. The van der Waals surface area contributed by atoms with E-state index in [-0.39, 0.29) is 35.6 Å². The van der Waals surface area contributed by atoms with Crippen LogP contribution in [-0.2, 0) is 27.7 Å². The quantitative estimate of drug-likeness (QED) is 0.469. The van der Waals surface area contributed by atoms with Crippen molar-refractivity contribution in [2.75, 3.05) is 0 Å². The van der Waals surface area contributed by atoms with Crippen molar-refractivity contribution < 1.29 is 46.1 Å². The van der Waals surface area contributed by atoms with E-state index in [9.17, 15) is 0 Å². The van der Waals surface area contributed by atoms with E-state index in [2.05, 4.69) is 108 Å². The first kappa shape index (κ1) is 25.5. The van der Waals surface area contributed by atoms with Gasteiger partial charge < -0.3 is 24.8 Å². The van der Waals surface area contributed by atoms with Gasteiger partial charge in [0.15, 0.2) is 0 Å². The second-order valence-electron chi connectivity index (χ2n) is 10.2. The molecule has 0 amide bonds. The maximum absolute atomic E-state index is 2.48. The smallest absolute Gasteiger partial charge is 1.00 e. The van der Waals surface area contributed by atoms with Crippen LogP contribution >= 0.6 is 0 Å². The van der Waals surface area contributed by atoms with Crippen molar-refractivity contribution in [1.82, 2.24) is 0 Å². The Labute approximate surface area is 202 Å². The molecule has 30 heavy (non-hydrogen) atoms. The molecule has 0 heterocycles. The molecule has 0 atom stereocenters. The summed E-state index contributed by atoms with van der Waals surface area (Å²) < 4.78 is 4.19. The summed E-state index contributed by atoms with van der Waals surface area (Å²) in [5.74, 6) is 0. The molecule has 0 saturated carbocycles. The molecule has 2 aliphatic carbocycles. The summed E-state index contributed by atoms with van der Waals surface area (Å²) in [6.07, 6.45) is 10.6. The fourth-order valence-electron chi connectivity index (χ4n) is 5.45. The second-order valence-corrected chi connectivity index (χ2v) is 16.5. The van der Waals surface area contributed by atoms with Crippen LogP contribution in [0.25, 0.3) is 11.1 Å². The molecule has 0 saturated heterocycles. The zero-order chi connectivity index (χ0) is 20.1. The maximum Gasteiger partial charge on any atom is -1.00 e. The molecule has 0 fully saturated rings. The fraction of sp³-hybridized carbons (Fsp3) is 0.370. The van der Waals surface area contributed by atoms with Gasteiger partial charge in [-0.25, -0.2) is 0 Å². The van der Waals surface area contributed by atoms with Gasteiger partial charge >= 0.3 is 179 Å². The minimum absolute atomic E-state index is 0. The Morgan fingerprint density at radius 1 is 0.767 bits per heavy atom. The molecule has 0 unspecified atom stereocenters. The Hall–Kier alpha value is -0.747. The Kier molecular flexibility index (Phi) is 7.99. The van der Waals surface area contributed by atoms with Crippen LogP contribution in [0, 0.1) is 10.8 Å². The number of rotatable bonds is 2. The van der Waals surface area contributed by atoms with Crippen molar-refractivity contribution in [2.24, 2.45) is 10.8 Å². The summed E-state index contributed by atoms with van der Waals surface area (Å²) in [7, 11) is 0. The summed E-state index contributed by atoms with van der Waals surface area (Å²) in [5, 5.41) is 0. The Morgan fingerprint density at radius 2 is 1.33 bits per heavy atom. The molecular formula is C27H32Cl2Zr. The third-order valence-corrected chi connectivity index (χ3v) is 16.2. The zero-order valence-corrected chi connectivity index (χ0v) is 22.9. The fourth-order valence-corrected chi connectivity index (χ4v) is 15.3. The Bertz CT molecular complexity index is 986. The molecule has 158 valence electrons. The van der Waals surface area contributed by atoms with Gasteiger partial charge in [0, 0.05) is 0 Å². The molecule has 4 rings (SSSR count). The van der Waals surface area contributed by atoms with Crippen LogP contribution in [0.5, 0.6) is 0 Å². The minimum Gasteiger partial charge on any atom is -1.00 e. The molecule has 0 bridgehead atoms. The summed E-state index contributed by atoms with van der Waals surface area (Å²) in [6.45, 7) is 14.6. The first-order valence-electron chi connectivity index (χ1n) is 10.5. The normalized spacial score (nSPS) is 14.3. The van der Waals surface area contributed by atoms with Crippen LogP contribution in [0.1, 0.15) is 52.7 Å². The van der Waals surface area contributed by atoms with Gasteiger partial charge in [-0.1, -0.05) is 0 Å². The maximum atomic E-state index is 2.48. The Balaban J connectivity index is 0.00000160. The van der Waals surface area contributed by atoms with Crippen molar-refractivity contribution in [3.05, 3.63) is 77.9 Å². The van der Waals surface area contributed by atoms with Crippen molar-refractivity contribution in [3.63, 3.8) is 0 Å². The van der Waals surface area contributed by atoms with Crippen LogP contribution < -0.4 is 28.1 Å². The molecule has 0 aliphatic heterocycles. The van der Waals surface area contributed by atoms with Crippen LogP contribution in [0.3, 0.4) is 0 Å². The van der Waals surface area contributed by atoms with Crippen LogP contribution in [0.15, 0.2) is 66.8 Å². The summed E-state index contributed by atoms with van der Waals surface area (Å²) in [6, 6.07) is 16.1. The number of allylic oxidation sites excluding steroid dienone is 4. The van der Waals surface area contributed by atoms with E-state index in [1.54, 1.807) is 8.83 Å².